The fourth-order valence-electron chi connectivity index (χ4n) is 1.66. The molecule has 78 valence electrons. The second-order valence-electron chi connectivity index (χ2n) is 3.54. The van der Waals surface area contributed by atoms with E-state index in [0.29, 0.717) is 6.42 Å². The first-order chi connectivity index (χ1) is 7.29. The third kappa shape index (κ3) is 3.14. The normalized spacial score (nSPS) is 16.7. The molecule has 0 saturated carbocycles. The maximum atomic E-state index is 8.65. The summed E-state index contributed by atoms with van der Waals surface area (Å²) in [5, 5.41) is 17.1. The summed E-state index contributed by atoms with van der Waals surface area (Å²) in [6.07, 6.45) is 6.37. The fraction of sp³-hybridized carbons (Fsp3) is 0.500. The van der Waals surface area contributed by atoms with Crippen LogP contribution in [0.3, 0.4) is 0 Å². The topological polar surface area (TPSA) is 56.8 Å². The number of nitriles is 2. The fourth-order valence-corrected chi connectivity index (χ4v) is 1.66. The summed E-state index contributed by atoms with van der Waals surface area (Å²) in [6.45, 7) is 2.09. The van der Waals surface area contributed by atoms with Crippen molar-refractivity contribution in [2.45, 2.75) is 26.2 Å². The lowest BCUT2D eigenvalue weighted by atomic mass is 9.90. The van der Waals surface area contributed by atoms with Crippen molar-refractivity contribution in [2.75, 3.05) is 6.61 Å². The number of hydrogen-bond acceptors (Lipinski definition) is 3. The minimum absolute atomic E-state index is 0.0719. The van der Waals surface area contributed by atoms with Gasteiger partial charge in [-0.1, -0.05) is 13.0 Å². The van der Waals surface area contributed by atoms with E-state index in [2.05, 4.69) is 6.07 Å². The minimum atomic E-state index is 0.0719. The van der Waals surface area contributed by atoms with Crippen molar-refractivity contribution in [3.63, 3.8) is 0 Å². The molecule has 0 aromatic carbocycles. The van der Waals surface area contributed by atoms with Crippen molar-refractivity contribution < 1.29 is 4.74 Å². The Kier molecular flexibility index (Phi) is 4.44. The predicted octanol–water partition coefficient (Wildman–Crippen LogP) is 2.68. The van der Waals surface area contributed by atoms with Crippen LogP contribution in [-0.2, 0) is 4.74 Å². The van der Waals surface area contributed by atoms with Gasteiger partial charge in [-0.2, -0.15) is 10.5 Å². The zero-order chi connectivity index (χ0) is 11.1. The highest BCUT2D eigenvalue weighted by molar-refractivity contribution is 5.27. The molecule has 0 amide bonds. The molecule has 3 heteroatoms. The van der Waals surface area contributed by atoms with Crippen LogP contribution in [0, 0.1) is 28.6 Å². The molecule has 0 fully saturated rings. The van der Waals surface area contributed by atoms with Crippen LogP contribution >= 0.6 is 0 Å². The molecule has 0 N–H and O–H groups in total. The summed E-state index contributed by atoms with van der Waals surface area (Å²) >= 11 is 0. The Balaban J connectivity index is 2.78. The van der Waals surface area contributed by atoms with Gasteiger partial charge in [0.15, 0.2) is 6.61 Å². The molecule has 0 saturated heterocycles. The van der Waals surface area contributed by atoms with Gasteiger partial charge in [-0.15, -0.1) is 0 Å². The SMILES string of the molecule is CC(CC#N)C1=C(OCC#N)C=CCC1. The van der Waals surface area contributed by atoms with E-state index in [4.69, 9.17) is 15.3 Å². The van der Waals surface area contributed by atoms with E-state index < -0.39 is 0 Å². The van der Waals surface area contributed by atoms with Gasteiger partial charge in [0, 0.05) is 6.42 Å². The lowest BCUT2D eigenvalue weighted by Crippen LogP contribution is -2.07. The molecule has 1 atom stereocenters. The van der Waals surface area contributed by atoms with E-state index in [1.165, 1.54) is 0 Å². The van der Waals surface area contributed by atoms with Crippen molar-refractivity contribution in [1.29, 1.82) is 10.5 Å². The van der Waals surface area contributed by atoms with Gasteiger partial charge in [0.1, 0.15) is 11.8 Å². The monoisotopic (exact) mass is 202 g/mol. The van der Waals surface area contributed by atoms with Gasteiger partial charge in [0.2, 0.25) is 0 Å². The van der Waals surface area contributed by atoms with Crippen molar-refractivity contribution in [3.8, 4) is 12.1 Å². The smallest absolute Gasteiger partial charge is 0.174 e. The highest BCUT2D eigenvalue weighted by Gasteiger charge is 2.16. The maximum Gasteiger partial charge on any atom is 0.174 e. The average molecular weight is 202 g/mol. The molecule has 1 aliphatic carbocycles. The van der Waals surface area contributed by atoms with E-state index in [0.717, 1.165) is 24.2 Å². The van der Waals surface area contributed by atoms with Gasteiger partial charge < -0.3 is 4.74 Å². The van der Waals surface area contributed by atoms with Gasteiger partial charge in [-0.3, -0.25) is 0 Å². The molecular weight excluding hydrogens is 188 g/mol. The Morgan fingerprint density at radius 2 is 2.27 bits per heavy atom. The molecule has 0 bridgehead atoms. The Hall–Kier alpha value is -1.74. The summed E-state index contributed by atoms with van der Waals surface area (Å²) in [6, 6.07) is 4.11. The molecule has 3 nitrogen and oxygen atoms in total. The van der Waals surface area contributed by atoms with Gasteiger partial charge >= 0.3 is 0 Å². The summed E-state index contributed by atoms with van der Waals surface area (Å²) in [7, 11) is 0. The third-order valence-corrected chi connectivity index (χ3v) is 2.45. The van der Waals surface area contributed by atoms with E-state index in [-0.39, 0.29) is 12.5 Å². The van der Waals surface area contributed by atoms with Crippen molar-refractivity contribution >= 4 is 0 Å². The second-order valence-corrected chi connectivity index (χ2v) is 3.54. The first-order valence-electron chi connectivity index (χ1n) is 5.06. The molecule has 1 aliphatic rings. The van der Waals surface area contributed by atoms with E-state index in [1.807, 2.05) is 25.1 Å². The van der Waals surface area contributed by atoms with Crippen molar-refractivity contribution in [3.05, 3.63) is 23.5 Å². The van der Waals surface area contributed by atoms with Crippen LogP contribution in [0.25, 0.3) is 0 Å². The summed E-state index contributed by atoms with van der Waals surface area (Å²) in [4.78, 5) is 0. The lowest BCUT2D eigenvalue weighted by Gasteiger charge is -2.19. The number of ether oxygens (including phenoxy) is 1. The molecule has 0 radical (unpaired) electrons. The summed E-state index contributed by atoms with van der Waals surface area (Å²) in [5.41, 5.74) is 1.16. The van der Waals surface area contributed by atoms with Crippen LogP contribution in [0.2, 0.25) is 0 Å². The van der Waals surface area contributed by atoms with Crippen LogP contribution in [0.1, 0.15) is 26.2 Å². The second kappa shape index (κ2) is 5.88. The minimum Gasteiger partial charge on any atom is -0.479 e. The zero-order valence-electron chi connectivity index (χ0n) is 8.86. The van der Waals surface area contributed by atoms with Gasteiger partial charge in [0.25, 0.3) is 0 Å². The molecule has 1 unspecified atom stereocenters. The van der Waals surface area contributed by atoms with Crippen molar-refractivity contribution in [1.82, 2.24) is 0 Å². The number of hydrogen-bond donors (Lipinski definition) is 0. The molecule has 0 aromatic rings. The first-order valence-corrected chi connectivity index (χ1v) is 5.06. The van der Waals surface area contributed by atoms with E-state index in [9.17, 15) is 0 Å². The van der Waals surface area contributed by atoms with Crippen LogP contribution in [0.5, 0.6) is 0 Å². The van der Waals surface area contributed by atoms with Crippen molar-refractivity contribution in [2.24, 2.45) is 5.92 Å². The Bertz CT molecular complexity index is 355. The number of nitrogens with zero attached hydrogens (tertiary/aromatic N) is 2. The highest BCUT2D eigenvalue weighted by atomic mass is 16.5. The standard InChI is InChI=1S/C12H14N2O/c1-10(6-7-13)11-4-2-3-5-12(11)15-9-8-14/h3,5,10H,2,4,6,9H2,1H3. The molecule has 0 aliphatic heterocycles. The Morgan fingerprint density at radius 3 is 2.93 bits per heavy atom. The maximum absolute atomic E-state index is 8.65. The summed E-state index contributed by atoms with van der Waals surface area (Å²) < 4.78 is 5.33. The largest absolute Gasteiger partial charge is 0.479 e. The van der Waals surface area contributed by atoms with E-state index in [1.54, 1.807) is 0 Å². The van der Waals surface area contributed by atoms with Gasteiger partial charge in [-0.05, 0) is 30.4 Å². The highest BCUT2D eigenvalue weighted by Crippen LogP contribution is 2.28. The molecule has 0 aromatic heterocycles. The quantitative estimate of drug-likeness (QED) is 0.704. The van der Waals surface area contributed by atoms with E-state index >= 15 is 0 Å². The third-order valence-electron chi connectivity index (χ3n) is 2.45. The number of rotatable bonds is 4. The molecule has 0 spiro atoms. The van der Waals surface area contributed by atoms with Gasteiger partial charge in [-0.25, -0.2) is 0 Å². The Morgan fingerprint density at radius 1 is 1.47 bits per heavy atom. The predicted molar refractivity (Wildman–Crippen MR) is 56.4 cm³/mol. The first kappa shape index (κ1) is 11.3. The summed E-state index contributed by atoms with van der Waals surface area (Å²) in [5.74, 6) is 0.999. The molecular formula is C12H14N2O. The average Bonchev–Trinajstić information content (AvgIpc) is 2.27. The number of allylic oxidation sites excluding steroid dienone is 3. The molecule has 1 rings (SSSR count). The lowest BCUT2D eigenvalue weighted by molar-refractivity contribution is 0.255. The molecule has 15 heavy (non-hydrogen) atoms. The Labute approximate surface area is 90.3 Å². The molecule has 0 heterocycles. The van der Waals surface area contributed by atoms with Gasteiger partial charge in [0.05, 0.1) is 6.07 Å². The van der Waals surface area contributed by atoms with Crippen LogP contribution in [0.15, 0.2) is 23.5 Å². The van der Waals surface area contributed by atoms with Crippen LogP contribution < -0.4 is 0 Å². The van der Waals surface area contributed by atoms with Crippen LogP contribution in [-0.4, -0.2) is 6.61 Å². The van der Waals surface area contributed by atoms with Crippen LogP contribution in [0.4, 0.5) is 0 Å². The zero-order valence-corrected chi connectivity index (χ0v) is 8.86.